The first kappa shape index (κ1) is 16.9. The van der Waals surface area contributed by atoms with Gasteiger partial charge in [-0.3, -0.25) is 4.98 Å². The highest BCUT2D eigenvalue weighted by Crippen LogP contribution is 2.37. The van der Waals surface area contributed by atoms with E-state index >= 15 is 0 Å². The van der Waals surface area contributed by atoms with E-state index in [1.807, 2.05) is 13.1 Å². The average Bonchev–Trinajstić information content (AvgIpc) is 2.80. The van der Waals surface area contributed by atoms with Crippen molar-refractivity contribution in [1.29, 1.82) is 0 Å². The molecule has 2 aromatic rings. The van der Waals surface area contributed by atoms with Crippen LogP contribution in [0.25, 0.3) is 0 Å². The van der Waals surface area contributed by atoms with Crippen molar-refractivity contribution >= 4 is 43.2 Å². The fourth-order valence-electron chi connectivity index (χ4n) is 2.02. The third-order valence-corrected chi connectivity index (χ3v) is 6.25. The molecule has 0 amide bonds. The number of pyridine rings is 1. The van der Waals surface area contributed by atoms with Crippen molar-refractivity contribution in [2.45, 2.75) is 26.3 Å². The van der Waals surface area contributed by atoms with Gasteiger partial charge >= 0.3 is 0 Å². The maximum atomic E-state index is 5.56. The minimum atomic E-state index is 0.130. The van der Waals surface area contributed by atoms with Gasteiger partial charge in [0.1, 0.15) is 5.75 Å². The van der Waals surface area contributed by atoms with Crippen molar-refractivity contribution in [3.8, 4) is 5.75 Å². The molecular weight excluding hydrogens is 416 g/mol. The lowest BCUT2D eigenvalue weighted by molar-refractivity contribution is 0.338. The van der Waals surface area contributed by atoms with E-state index < -0.39 is 0 Å². The van der Waals surface area contributed by atoms with E-state index in [1.165, 1.54) is 4.88 Å². The Morgan fingerprint density at radius 3 is 2.71 bits per heavy atom. The monoisotopic (exact) mass is 432 g/mol. The minimum Gasteiger partial charge on any atom is -0.492 e. The summed E-state index contributed by atoms with van der Waals surface area (Å²) in [7, 11) is 0. The van der Waals surface area contributed by atoms with Gasteiger partial charge in [-0.05, 0) is 69.4 Å². The molecule has 0 spiro atoms. The van der Waals surface area contributed by atoms with Crippen LogP contribution in [0.1, 0.15) is 36.8 Å². The summed E-state index contributed by atoms with van der Waals surface area (Å²) in [5, 5.41) is 3.59. The molecule has 1 atom stereocenters. The van der Waals surface area contributed by atoms with Crippen LogP contribution in [0.15, 0.2) is 32.8 Å². The number of ether oxygens (including phenoxy) is 1. The highest BCUT2D eigenvalue weighted by molar-refractivity contribution is 9.13. The van der Waals surface area contributed by atoms with Crippen LogP contribution < -0.4 is 10.1 Å². The third kappa shape index (κ3) is 4.52. The second-order valence-corrected chi connectivity index (χ2v) is 7.80. The molecule has 0 aliphatic carbocycles. The van der Waals surface area contributed by atoms with Crippen LogP contribution in [-0.4, -0.2) is 18.1 Å². The molecule has 0 saturated carbocycles. The Labute approximate surface area is 146 Å². The molecule has 0 fully saturated rings. The Hall–Kier alpha value is -0.430. The number of halogens is 2. The van der Waals surface area contributed by atoms with Gasteiger partial charge in [-0.2, -0.15) is 0 Å². The Morgan fingerprint density at radius 2 is 2.10 bits per heavy atom. The van der Waals surface area contributed by atoms with Gasteiger partial charge in [0, 0.05) is 15.5 Å². The molecule has 2 rings (SSSR count). The largest absolute Gasteiger partial charge is 0.492 e. The zero-order chi connectivity index (χ0) is 15.2. The second kappa shape index (κ2) is 8.27. The topological polar surface area (TPSA) is 34.2 Å². The molecule has 114 valence electrons. The van der Waals surface area contributed by atoms with Crippen LogP contribution in [0.4, 0.5) is 0 Å². The molecule has 0 radical (unpaired) electrons. The van der Waals surface area contributed by atoms with E-state index in [0.29, 0.717) is 6.61 Å². The summed E-state index contributed by atoms with van der Waals surface area (Å²) in [5.41, 5.74) is 1.12. The van der Waals surface area contributed by atoms with Gasteiger partial charge in [0.2, 0.25) is 0 Å². The zero-order valence-corrected chi connectivity index (χ0v) is 16.0. The van der Waals surface area contributed by atoms with Crippen molar-refractivity contribution in [3.63, 3.8) is 0 Å². The van der Waals surface area contributed by atoms with Crippen LogP contribution in [0, 0.1) is 0 Å². The van der Waals surface area contributed by atoms with Gasteiger partial charge in [0.05, 0.1) is 22.6 Å². The molecular formula is C15H18Br2N2OS. The van der Waals surface area contributed by atoms with Gasteiger partial charge < -0.3 is 10.1 Å². The highest BCUT2D eigenvalue weighted by Gasteiger charge is 2.18. The van der Waals surface area contributed by atoms with E-state index in [2.05, 4.69) is 61.2 Å². The standard InChI is InChI=1S/C15H18Br2N2OS/c1-3-5-19-14(13-7-12(16)15(17)21-13)10-6-11(20-4-2)9-18-8-10/h6-9,14,19H,3-5H2,1-2H3. The SMILES string of the molecule is CCCNC(c1cncc(OCC)c1)c1cc(Br)c(Br)s1. The van der Waals surface area contributed by atoms with Crippen molar-refractivity contribution in [2.75, 3.05) is 13.2 Å². The van der Waals surface area contributed by atoms with Crippen LogP contribution in [-0.2, 0) is 0 Å². The van der Waals surface area contributed by atoms with Crippen molar-refractivity contribution in [1.82, 2.24) is 10.3 Å². The van der Waals surface area contributed by atoms with Gasteiger partial charge in [0.15, 0.2) is 0 Å². The molecule has 0 aromatic carbocycles. The normalized spacial score (nSPS) is 12.4. The molecule has 3 nitrogen and oxygen atoms in total. The lowest BCUT2D eigenvalue weighted by atomic mass is 10.1. The number of hydrogen-bond donors (Lipinski definition) is 1. The molecule has 1 unspecified atom stereocenters. The maximum Gasteiger partial charge on any atom is 0.137 e. The van der Waals surface area contributed by atoms with Crippen molar-refractivity contribution in [3.05, 3.63) is 43.2 Å². The fourth-order valence-corrected chi connectivity index (χ4v) is 4.21. The number of nitrogens with zero attached hydrogens (tertiary/aromatic N) is 1. The third-order valence-electron chi connectivity index (χ3n) is 2.93. The number of thiophene rings is 1. The molecule has 1 N–H and O–H groups in total. The highest BCUT2D eigenvalue weighted by atomic mass is 79.9. The lowest BCUT2D eigenvalue weighted by Gasteiger charge is -2.18. The first-order valence-corrected chi connectivity index (χ1v) is 9.31. The van der Waals surface area contributed by atoms with Crippen LogP contribution >= 0.6 is 43.2 Å². The summed E-state index contributed by atoms with van der Waals surface area (Å²) in [6.07, 6.45) is 4.74. The molecule has 0 aliphatic rings. The predicted octanol–water partition coefficient (Wildman–Crippen LogP) is 5.16. The summed E-state index contributed by atoms with van der Waals surface area (Å²) in [4.78, 5) is 5.55. The summed E-state index contributed by atoms with van der Waals surface area (Å²) >= 11 is 8.85. The number of hydrogen-bond acceptors (Lipinski definition) is 4. The van der Waals surface area contributed by atoms with E-state index in [1.54, 1.807) is 17.5 Å². The van der Waals surface area contributed by atoms with Crippen LogP contribution in [0.5, 0.6) is 5.75 Å². The number of nitrogens with one attached hydrogen (secondary N) is 1. The Bertz CT molecular complexity index is 569. The van der Waals surface area contributed by atoms with Crippen molar-refractivity contribution < 1.29 is 4.74 Å². The van der Waals surface area contributed by atoms with Gasteiger partial charge in [-0.1, -0.05) is 6.92 Å². The summed E-state index contributed by atoms with van der Waals surface area (Å²) in [6, 6.07) is 4.34. The van der Waals surface area contributed by atoms with E-state index in [4.69, 9.17) is 4.74 Å². The molecule has 0 bridgehead atoms. The molecule has 0 aliphatic heterocycles. The quantitative estimate of drug-likeness (QED) is 0.654. The lowest BCUT2D eigenvalue weighted by Crippen LogP contribution is -2.22. The van der Waals surface area contributed by atoms with Crippen molar-refractivity contribution in [2.24, 2.45) is 0 Å². The van der Waals surface area contributed by atoms with Crippen LogP contribution in [0.3, 0.4) is 0 Å². The van der Waals surface area contributed by atoms with E-state index in [9.17, 15) is 0 Å². The second-order valence-electron chi connectivity index (χ2n) is 4.54. The molecule has 2 heterocycles. The maximum absolute atomic E-state index is 5.56. The summed E-state index contributed by atoms with van der Waals surface area (Å²) in [5.74, 6) is 0.813. The summed E-state index contributed by atoms with van der Waals surface area (Å²) < 4.78 is 7.75. The first-order valence-electron chi connectivity index (χ1n) is 6.91. The fraction of sp³-hybridized carbons (Fsp3) is 0.400. The molecule has 6 heteroatoms. The molecule has 21 heavy (non-hydrogen) atoms. The Balaban J connectivity index is 2.32. The van der Waals surface area contributed by atoms with E-state index in [0.717, 1.165) is 32.5 Å². The Morgan fingerprint density at radius 1 is 1.29 bits per heavy atom. The minimum absolute atomic E-state index is 0.130. The Kier molecular flexibility index (Phi) is 6.67. The average molecular weight is 434 g/mol. The van der Waals surface area contributed by atoms with E-state index in [-0.39, 0.29) is 6.04 Å². The summed E-state index contributed by atoms with van der Waals surface area (Å²) in [6.45, 7) is 5.75. The van der Waals surface area contributed by atoms with Gasteiger partial charge in [-0.25, -0.2) is 0 Å². The number of aromatic nitrogens is 1. The smallest absolute Gasteiger partial charge is 0.137 e. The molecule has 0 saturated heterocycles. The van der Waals surface area contributed by atoms with Gasteiger partial charge in [-0.15, -0.1) is 11.3 Å². The predicted molar refractivity (Wildman–Crippen MR) is 95.3 cm³/mol. The van der Waals surface area contributed by atoms with Crippen LogP contribution in [0.2, 0.25) is 0 Å². The number of rotatable bonds is 7. The first-order chi connectivity index (χ1) is 10.2. The zero-order valence-electron chi connectivity index (χ0n) is 12.0. The molecule has 2 aromatic heterocycles. The van der Waals surface area contributed by atoms with Gasteiger partial charge in [0.25, 0.3) is 0 Å².